The van der Waals surface area contributed by atoms with Crippen LogP contribution >= 0.6 is 11.6 Å². The van der Waals surface area contributed by atoms with Crippen LogP contribution in [0.5, 0.6) is 0 Å². The van der Waals surface area contributed by atoms with Crippen LogP contribution in [0.15, 0.2) is 54.7 Å². The van der Waals surface area contributed by atoms with Crippen molar-refractivity contribution in [3.05, 3.63) is 76.4 Å². The Bertz CT molecular complexity index is 1180. The Morgan fingerprint density at radius 2 is 2.06 bits per heavy atom. The molecule has 1 amide bonds. The van der Waals surface area contributed by atoms with E-state index in [2.05, 4.69) is 39.6 Å². The molecule has 5 rings (SSSR count). The maximum absolute atomic E-state index is 12.5. The number of fused-ring (bicyclic) bond motifs is 1. The van der Waals surface area contributed by atoms with E-state index in [9.17, 15) is 4.79 Å². The van der Waals surface area contributed by atoms with Gasteiger partial charge in [-0.1, -0.05) is 29.8 Å². The molecule has 7 heteroatoms. The molecule has 1 unspecified atom stereocenters. The molecule has 0 aliphatic carbocycles. The third-order valence-corrected chi connectivity index (χ3v) is 6.78. The fourth-order valence-electron chi connectivity index (χ4n) is 4.53. The number of carbonyl (C=O) groups is 1. The Hall–Kier alpha value is -3.09. The van der Waals surface area contributed by atoms with Crippen LogP contribution in [0.1, 0.15) is 34.3 Å². The molecule has 1 fully saturated rings. The predicted octanol–water partition coefficient (Wildman–Crippen LogP) is 5.05. The number of hydrogen-bond acceptors (Lipinski definition) is 5. The smallest absolute Gasteiger partial charge is 0.251 e. The van der Waals surface area contributed by atoms with Crippen LogP contribution in [-0.2, 0) is 11.3 Å². The zero-order valence-corrected chi connectivity index (χ0v) is 20.1. The van der Waals surface area contributed by atoms with Crippen molar-refractivity contribution in [3.63, 3.8) is 0 Å². The molecule has 176 valence electrons. The van der Waals surface area contributed by atoms with Gasteiger partial charge in [0.05, 0.1) is 11.8 Å². The first-order valence-electron chi connectivity index (χ1n) is 11.8. The number of rotatable bonds is 6. The van der Waals surface area contributed by atoms with Crippen LogP contribution in [0.25, 0.3) is 11.1 Å². The normalized spacial score (nSPS) is 17.2. The summed E-state index contributed by atoms with van der Waals surface area (Å²) in [5.74, 6) is 0.817. The summed E-state index contributed by atoms with van der Waals surface area (Å²) in [4.78, 5) is 19.5. The zero-order chi connectivity index (χ0) is 23.5. The number of aryl methyl sites for hydroxylation is 1. The lowest BCUT2D eigenvalue weighted by molar-refractivity contribution is 0.0858. The topological polar surface area (TPSA) is 66.5 Å². The number of carbonyl (C=O) groups excluding carboxylic acids is 1. The van der Waals surface area contributed by atoms with Crippen molar-refractivity contribution in [2.45, 2.75) is 32.4 Å². The van der Waals surface area contributed by atoms with Crippen LogP contribution in [0.2, 0.25) is 5.02 Å². The lowest BCUT2D eigenvalue weighted by atomic mass is 10.0. The minimum absolute atomic E-state index is 0.0714. The predicted molar refractivity (Wildman–Crippen MR) is 137 cm³/mol. The Labute approximate surface area is 205 Å². The van der Waals surface area contributed by atoms with Crippen molar-refractivity contribution in [2.24, 2.45) is 0 Å². The number of hydrogen-bond donors (Lipinski definition) is 2. The fourth-order valence-corrected chi connectivity index (χ4v) is 4.72. The second-order valence-corrected chi connectivity index (χ2v) is 9.37. The largest absolute Gasteiger partial charge is 0.376 e. The fraction of sp³-hybridized carbons (Fsp3) is 0.333. The second kappa shape index (κ2) is 10.0. The van der Waals surface area contributed by atoms with E-state index in [4.69, 9.17) is 16.3 Å². The first-order valence-corrected chi connectivity index (χ1v) is 12.2. The van der Waals surface area contributed by atoms with E-state index in [1.54, 1.807) is 0 Å². The van der Waals surface area contributed by atoms with Gasteiger partial charge in [-0.15, -0.1) is 0 Å². The first-order chi connectivity index (χ1) is 16.6. The summed E-state index contributed by atoms with van der Waals surface area (Å²) in [7, 11) is 0. The summed E-state index contributed by atoms with van der Waals surface area (Å²) in [5, 5.41) is 7.13. The van der Waals surface area contributed by atoms with Gasteiger partial charge >= 0.3 is 0 Å². The zero-order valence-electron chi connectivity index (χ0n) is 19.3. The molecule has 2 aromatic carbocycles. The van der Waals surface area contributed by atoms with Crippen LogP contribution in [0.4, 0.5) is 11.5 Å². The summed E-state index contributed by atoms with van der Waals surface area (Å²) in [6.45, 7) is 5.96. The van der Waals surface area contributed by atoms with E-state index < -0.39 is 0 Å². The molecule has 0 radical (unpaired) electrons. The van der Waals surface area contributed by atoms with Crippen molar-refractivity contribution >= 4 is 29.0 Å². The van der Waals surface area contributed by atoms with Crippen LogP contribution in [0.3, 0.4) is 0 Å². The lowest BCUT2D eigenvalue weighted by Crippen LogP contribution is -2.34. The molecule has 1 aromatic heterocycles. The highest BCUT2D eigenvalue weighted by Crippen LogP contribution is 2.33. The molecule has 3 aromatic rings. The Morgan fingerprint density at radius 3 is 2.85 bits per heavy atom. The van der Waals surface area contributed by atoms with E-state index in [0.717, 1.165) is 66.7 Å². The molecule has 0 bridgehead atoms. The summed E-state index contributed by atoms with van der Waals surface area (Å²) in [5.41, 5.74) is 6.19. The number of nitrogens with one attached hydrogen (secondary N) is 2. The highest BCUT2D eigenvalue weighted by atomic mass is 35.5. The number of ether oxygens (including phenoxy) is 1. The van der Waals surface area contributed by atoms with Crippen molar-refractivity contribution in [1.82, 2.24) is 10.3 Å². The lowest BCUT2D eigenvalue weighted by Gasteiger charge is -2.32. The maximum Gasteiger partial charge on any atom is 0.251 e. The van der Waals surface area contributed by atoms with Gasteiger partial charge in [-0.05, 0) is 66.8 Å². The molecular formula is C27H29ClN4O2. The number of benzene rings is 2. The van der Waals surface area contributed by atoms with E-state index in [0.29, 0.717) is 12.1 Å². The van der Waals surface area contributed by atoms with Crippen molar-refractivity contribution < 1.29 is 9.53 Å². The average Bonchev–Trinajstić information content (AvgIpc) is 3.39. The van der Waals surface area contributed by atoms with Gasteiger partial charge in [0, 0.05) is 55.1 Å². The van der Waals surface area contributed by atoms with Crippen LogP contribution in [0, 0.1) is 6.92 Å². The number of nitrogens with zero attached hydrogens (tertiary/aromatic N) is 2. The van der Waals surface area contributed by atoms with Gasteiger partial charge in [0.15, 0.2) is 0 Å². The van der Waals surface area contributed by atoms with E-state index >= 15 is 0 Å². The van der Waals surface area contributed by atoms with E-state index in [-0.39, 0.29) is 12.0 Å². The molecule has 2 N–H and O–H groups in total. The quantitative estimate of drug-likeness (QED) is 0.521. The van der Waals surface area contributed by atoms with Crippen LogP contribution in [-0.4, -0.2) is 43.2 Å². The van der Waals surface area contributed by atoms with E-state index in [1.807, 2.05) is 42.6 Å². The van der Waals surface area contributed by atoms with Crippen LogP contribution < -0.4 is 15.5 Å². The molecule has 0 saturated carbocycles. The van der Waals surface area contributed by atoms with Crippen molar-refractivity contribution in [2.75, 3.05) is 36.5 Å². The number of amides is 1. The standard InChI is InChI=1S/C27H29ClN4O2/c1-18-4-9-23(28)13-22(18)17-32-11-10-29-26-25(32)14-21(15-30-26)19-5-7-20(8-6-19)27(33)31-16-24-3-2-12-34-24/h4-9,13-15,24H,2-3,10-12,16-17H2,1H3,(H,29,30)(H,31,33). The first kappa shape index (κ1) is 22.7. The van der Waals surface area contributed by atoms with Gasteiger partial charge in [0.1, 0.15) is 5.82 Å². The number of pyridine rings is 1. The Balaban J connectivity index is 1.32. The van der Waals surface area contributed by atoms with Gasteiger partial charge in [0.2, 0.25) is 0 Å². The highest BCUT2D eigenvalue weighted by Gasteiger charge is 2.20. The molecule has 2 aliphatic heterocycles. The molecule has 1 saturated heterocycles. The minimum Gasteiger partial charge on any atom is -0.376 e. The molecule has 0 spiro atoms. The van der Waals surface area contributed by atoms with E-state index in [1.165, 1.54) is 11.1 Å². The third kappa shape index (κ3) is 5.03. The monoisotopic (exact) mass is 476 g/mol. The minimum atomic E-state index is -0.0714. The molecule has 1 atom stereocenters. The summed E-state index contributed by atoms with van der Waals surface area (Å²) in [6, 6.07) is 15.9. The van der Waals surface area contributed by atoms with Crippen molar-refractivity contribution in [1.29, 1.82) is 0 Å². The van der Waals surface area contributed by atoms with Gasteiger partial charge in [-0.3, -0.25) is 4.79 Å². The molecule has 3 heterocycles. The van der Waals surface area contributed by atoms with Gasteiger partial charge in [0.25, 0.3) is 5.91 Å². The summed E-state index contributed by atoms with van der Waals surface area (Å²) < 4.78 is 5.58. The Morgan fingerprint density at radius 1 is 1.21 bits per heavy atom. The second-order valence-electron chi connectivity index (χ2n) is 8.93. The van der Waals surface area contributed by atoms with Crippen molar-refractivity contribution in [3.8, 4) is 11.1 Å². The molecule has 34 heavy (non-hydrogen) atoms. The number of halogens is 1. The Kier molecular flexibility index (Phi) is 6.70. The summed E-state index contributed by atoms with van der Waals surface area (Å²) >= 11 is 6.25. The summed E-state index contributed by atoms with van der Waals surface area (Å²) in [6.07, 6.45) is 4.09. The maximum atomic E-state index is 12.5. The van der Waals surface area contributed by atoms with Gasteiger partial charge in [-0.25, -0.2) is 4.98 Å². The molecule has 2 aliphatic rings. The highest BCUT2D eigenvalue weighted by molar-refractivity contribution is 6.30. The van der Waals surface area contributed by atoms with Gasteiger partial charge < -0.3 is 20.3 Å². The van der Waals surface area contributed by atoms with Gasteiger partial charge in [-0.2, -0.15) is 0 Å². The number of anilines is 2. The molecule has 6 nitrogen and oxygen atoms in total. The SMILES string of the molecule is Cc1ccc(Cl)cc1CN1CCNc2ncc(-c3ccc(C(=O)NCC4CCCO4)cc3)cc21. The molecular weight excluding hydrogens is 448 g/mol. The number of aromatic nitrogens is 1. The third-order valence-electron chi connectivity index (χ3n) is 6.55. The average molecular weight is 477 g/mol.